The molecule has 0 aliphatic carbocycles. The molecule has 1 heterocycles. The van der Waals surface area contributed by atoms with Gasteiger partial charge in [0.15, 0.2) is 0 Å². The normalized spacial score (nSPS) is 10.7. The van der Waals surface area contributed by atoms with E-state index in [0.29, 0.717) is 17.1 Å². The molecule has 0 radical (unpaired) electrons. The van der Waals surface area contributed by atoms with Crippen molar-refractivity contribution >= 4 is 17.3 Å². The molecule has 1 aromatic heterocycles. The first kappa shape index (κ1) is 13.7. The van der Waals surface area contributed by atoms with Gasteiger partial charge in [0.1, 0.15) is 5.69 Å². The SMILES string of the molecule is CCc1c(C)[nH]c(=O)c(N)c1Cc1ccccc1Cl. The molecule has 19 heavy (non-hydrogen) atoms. The summed E-state index contributed by atoms with van der Waals surface area (Å²) in [7, 11) is 0. The number of hydrogen-bond donors (Lipinski definition) is 2. The van der Waals surface area contributed by atoms with Crippen molar-refractivity contribution in [3.63, 3.8) is 0 Å². The van der Waals surface area contributed by atoms with E-state index in [1.807, 2.05) is 31.2 Å². The number of aromatic nitrogens is 1. The van der Waals surface area contributed by atoms with Crippen LogP contribution in [-0.4, -0.2) is 4.98 Å². The van der Waals surface area contributed by atoms with Gasteiger partial charge in [-0.05, 0) is 36.1 Å². The maximum atomic E-state index is 11.8. The molecule has 0 bridgehead atoms. The van der Waals surface area contributed by atoms with Gasteiger partial charge in [-0.3, -0.25) is 4.79 Å². The van der Waals surface area contributed by atoms with Gasteiger partial charge in [-0.25, -0.2) is 0 Å². The number of nitrogens with one attached hydrogen (secondary N) is 1. The van der Waals surface area contributed by atoms with Crippen molar-refractivity contribution in [1.29, 1.82) is 0 Å². The molecule has 2 rings (SSSR count). The second-order valence-corrected chi connectivity index (χ2v) is 4.98. The quantitative estimate of drug-likeness (QED) is 0.905. The second-order valence-electron chi connectivity index (χ2n) is 4.57. The lowest BCUT2D eigenvalue weighted by atomic mass is 9.96. The predicted octanol–water partition coefficient (Wildman–Crippen LogP) is 3.07. The van der Waals surface area contributed by atoms with Crippen molar-refractivity contribution in [2.24, 2.45) is 0 Å². The van der Waals surface area contributed by atoms with E-state index in [4.69, 9.17) is 17.3 Å². The highest BCUT2D eigenvalue weighted by Gasteiger charge is 2.13. The zero-order valence-corrected chi connectivity index (χ0v) is 11.8. The van der Waals surface area contributed by atoms with Gasteiger partial charge in [-0.15, -0.1) is 0 Å². The number of hydrogen-bond acceptors (Lipinski definition) is 2. The fourth-order valence-electron chi connectivity index (χ4n) is 2.35. The van der Waals surface area contributed by atoms with E-state index in [1.54, 1.807) is 0 Å². The molecule has 0 aliphatic heterocycles. The van der Waals surface area contributed by atoms with Crippen LogP contribution in [0, 0.1) is 6.92 Å². The number of rotatable bonds is 3. The maximum absolute atomic E-state index is 11.8. The number of anilines is 1. The standard InChI is InChI=1S/C15H17ClN2O/c1-3-11-9(2)18-15(19)14(17)12(11)8-10-6-4-5-7-13(10)16/h4-7H,3,8,17H2,1-2H3,(H,18,19). The van der Waals surface area contributed by atoms with Gasteiger partial charge in [0.25, 0.3) is 5.56 Å². The monoisotopic (exact) mass is 276 g/mol. The highest BCUT2D eigenvalue weighted by molar-refractivity contribution is 6.31. The van der Waals surface area contributed by atoms with Crippen molar-refractivity contribution in [3.8, 4) is 0 Å². The lowest BCUT2D eigenvalue weighted by molar-refractivity contribution is 0.980. The summed E-state index contributed by atoms with van der Waals surface area (Å²) in [4.78, 5) is 14.6. The molecule has 0 saturated heterocycles. The minimum absolute atomic E-state index is 0.225. The van der Waals surface area contributed by atoms with E-state index in [-0.39, 0.29) is 5.56 Å². The van der Waals surface area contributed by atoms with Gasteiger partial charge in [-0.2, -0.15) is 0 Å². The summed E-state index contributed by atoms with van der Waals surface area (Å²) < 4.78 is 0. The predicted molar refractivity (Wildman–Crippen MR) is 79.8 cm³/mol. The summed E-state index contributed by atoms with van der Waals surface area (Å²) in [5, 5.41) is 0.696. The molecule has 0 aliphatic rings. The van der Waals surface area contributed by atoms with Crippen LogP contribution >= 0.6 is 11.6 Å². The van der Waals surface area contributed by atoms with Crippen LogP contribution in [0.3, 0.4) is 0 Å². The summed E-state index contributed by atoms with van der Waals surface area (Å²) in [5.41, 5.74) is 9.85. The van der Waals surface area contributed by atoms with Crippen LogP contribution in [0.4, 0.5) is 5.69 Å². The molecule has 0 spiro atoms. The van der Waals surface area contributed by atoms with E-state index >= 15 is 0 Å². The zero-order valence-electron chi connectivity index (χ0n) is 11.1. The van der Waals surface area contributed by atoms with Crippen molar-refractivity contribution in [2.75, 3.05) is 5.73 Å². The first-order valence-electron chi connectivity index (χ1n) is 6.28. The fraction of sp³-hybridized carbons (Fsp3) is 0.267. The third-order valence-electron chi connectivity index (χ3n) is 3.37. The number of aromatic amines is 1. The lowest BCUT2D eigenvalue weighted by Gasteiger charge is -2.14. The minimum atomic E-state index is -0.225. The zero-order chi connectivity index (χ0) is 14.0. The average Bonchev–Trinajstić information content (AvgIpc) is 2.38. The molecule has 100 valence electrons. The summed E-state index contributed by atoms with van der Waals surface area (Å²) in [6.07, 6.45) is 1.41. The highest BCUT2D eigenvalue weighted by atomic mass is 35.5. The van der Waals surface area contributed by atoms with E-state index in [9.17, 15) is 4.79 Å². The first-order chi connectivity index (χ1) is 9.04. The largest absolute Gasteiger partial charge is 0.394 e. The van der Waals surface area contributed by atoms with E-state index in [0.717, 1.165) is 28.8 Å². The summed E-state index contributed by atoms with van der Waals surface area (Å²) in [6, 6.07) is 7.62. The van der Waals surface area contributed by atoms with Gasteiger partial charge >= 0.3 is 0 Å². The fourth-order valence-corrected chi connectivity index (χ4v) is 2.55. The second kappa shape index (κ2) is 5.49. The number of pyridine rings is 1. The summed E-state index contributed by atoms with van der Waals surface area (Å²) in [6.45, 7) is 3.95. The van der Waals surface area contributed by atoms with Gasteiger partial charge in [-0.1, -0.05) is 36.7 Å². The molecule has 0 unspecified atom stereocenters. The number of benzene rings is 1. The van der Waals surface area contributed by atoms with Gasteiger partial charge in [0.05, 0.1) is 0 Å². The van der Waals surface area contributed by atoms with Gasteiger partial charge in [0, 0.05) is 17.1 Å². The van der Waals surface area contributed by atoms with Crippen molar-refractivity contribution < 1.29 is 0 Å². The van der Waals surface area contributed by atoms with Crippen molar-refractivity contribution in [3.05, 3.63) is 62.0 Å². The van der Waals surface area contributed by atoms with E-state index in [2.05, 4.69) is 11.9 Å². The Balaban J connectivity index is 2.57. The van der Waals surface area contributed by atoms with Crippen LogP contribution in [0.5, 0.6) is 0 Å². The molecule has 0 saturated carbocycles. The molecule has 3 nitrogen and oxygen atoms in total. The highest BCUT2D eigenvalue weighted by Crippen LogP contribution is 2.24. The third-order valence-corrected chi connectivity index (χ3v) is 3.74. The van der Waals surface area contributed by atoms with Crippen molar-refractivity contribution in [1.82, 2.24) is 4.98 Å². The van der Waals surface area contributed by atoms with Crippen LogP contribution in [-0.2, 0) is 12.8 Å². The Morgan fingerprint density at radius 2 is 1.95 bits per heavy atom. The van der Waals surface area contributed by atoms with Gasteiger partial charge in [0.2, 0.25) is 0 Å². The molecule has 0 amide bonds. The Kier molecular flexibility index (Phi) is 3.96. The minimum Gasteiger partial charge on any atom is -0.394 e. The number of nitrogens with two attached hydrogens (primary N) is 1. The summed E-state index contributed by atoms with van der Waals surface area (Å²) >= 11 is 6.17. The Morgan fingerprint density at radius 1 is 1.26 bits per heavy atom. The van der Waals surface area contributed by atoms with Crippen LogP contribution in [0.15, 0.2) is 29.1 Å². The third kappa shape index (κ3) is 2.66. The van der Waals surface area contributed by atoms with Crippen LogP contribution in [0.25, 0.3) is 0 Å². The van der Waals surface area contributed by atoms with Crippen LogP contribution < -0.4 is 11.3 Å². The van der Waals surface area contributed by atoms with Crippen LogP contribution in [0.1, 0.15) is 29.3 Å². The average molecular weight is 277 g/mol. The molecular weight excluding hydrogens is 260 g/mol. The molecule has 0 fully saturated rings. The topological polar surface area (TPSA) is 58.9 Å². The van der Waals surface area contributed by atoms with Gasteiger partial charge < -0.3 is 10.7 Å². The Hall–Kier alpha value is -1.74. The van der Waals surface area contributed by atoms with E-state index in [1.165, 1.54) is 0 Å². The number of halogens is 1. The number of aryl methyl sites for hydroxylation is 1. The van der Waals surface area contributed by atoms with Crippen molar-refractivity contribution in [2.45, 2.75) is 26.7 Å². The lowest BCUT2D eigenvalue weighted by Crippen LogP contribution is -2.19. The first-order valence-corrected chi connectivity index (χ1v) is 6.65. The Bertz CT molecular complexity index is 662. The van der Waals surface area contributed by atoms with E-state index < -0.39 is 0 Å². The number of nitrogen functional groups attached to an aromatic ring is 1. The molecule has 4 heteroatoms. The molecule has 0 atom stereocenters. The molecular formula is C15H17ClN2O. The van der Waals surface area contributed by atoms with Crippen LogP contribution in [0.2, 0.25) is 5.02 Å². The smallest absolute Gasteiger partial charge is 0.271 e. The molecule has 3 N–H and O–H groups in total. The summed E-state index contributed by atoms with van der Waals surface area (Å²) in [5.74, 6) is 0. The maximum Gasteiger partial charge on any atom is 0.271 e. The number of H-pyrrole nitrogens is 1. The Morgan fingerprint density at radius 3 is 2.58 bits per heavy atom. The Labute approximate surface area is 117 Å². The molecule has 1 aromatic carbocycles. The molecule has 2 aromatic rings.